The number of rotatable bonds is 6. The molecule has 0 aliphatic carbocycles. The maximum Gasteiger partial charge on any atom is 0.311 e. The van der Waals surface area contributed by atoms with Gasteiger partial charge in [0.15, 0.2) is 0 Å². The van der Waals surface area contributed by atoms with Crippen LogP contribution in [0, 0.1) is 5.92 Å². The van der Waals surface area contributed by atoms with Crippen LogP contribution in [-0.2, 0) is 14.3 Å². The quantitative estimate of drug-likeness (QED) is 0.760. The van der Waals surface area contributed by atoms with Crippen LogP contribution in [0.25, 0.3) is 0 Å². The third-order valence-corrected chi connectivity index (χ3v) is 4.55. The van der Waals surface area contributed by atoms with Crippen LogP contribution in [0.4, 0.5) is 0 Å². The summed E-state index contributed by atoms with van der Waals surface area (Å²) in [6.07, 6.45) is 4.88. The summed E-state index contributed by atoms with van der Waals surface area (Å²) in [7, 11) is 0. The van der Waals surface area contributed by atoms with Gasteiger partial charge in [-0.15, -0.1) is 0 Å². The van der Waals surface area contributed by atoms with Crippen molar-refractivity contribution in [3.05, 3.63) is 0 Å². The summed E-state index contributed by atoms with van der Waals surface area (Å²) in [5, 5.41) is 12.7. The number of aliphatic carboxylic acids is 1. The van der Waals surface area contributed by atoms with Gasteiger partial charge in [0.1, 0.15) is 5.92 Å². The summed E-state index contributed by atoms with van der Waals surface area (Å²) < 4.78 is 5.27. The SMILES string of the molecule is CCN(C(=O)CCC1CCCCN1)C1COCC1C(=O)O. The van der Waals surface area contributed by atoms with E-state index in [9.17, 15) is 14.7 Å². The number of hydrogen-bond acceptors (Lipinski definition) is 4. The van der Waals surface area contributed by atoms with Gasteiger partial charge in [0.25, 0.3) is 0 Å². The highest BCUT2D eigenvalue weighted by Gasteiger charge is 2.39. The van der Waals surface area contributed by atoms with Crippen molar-refractivity contribution >= 4 is 11.9 Å². The predicted octanol–water partition coefficient (Wildman–Crippen LogP) is 0.857. The number of amides is 1. The van der Waals surface area contributed by atoms with Crippen LogP contribution >= 0.6 is 0 Å². The second kappa shape index (κ2) is 7.75. The Balaban J connectivity index is 1.87. The number of carbonyl (C=O) groups is 2. The van der Waals surface area contributed by atoms with Crippen LogP contribution in [-0.4, -0.2) is 60.3 Å². The van der Waals surface area contributed by atoms with Gasteiger partial charge >= 0.3 is 5.97 Å². The molecule has 2 N–H and O–H groups in total. The smallest absolute Gasteiger partial charge is 0.311 e. The van der Waals surface area contributed by atoms with Gasteiger partial charge in [0, 0.05) is 19.0 Å². The second-order valence-electron chi connectivity index (χ2n) is 5.91. The fourth-order valence-corrected chi connectivity index (χ4v) is 3.29. The van der Waals surface area contributed by atoms with Crippen molar-refractivity contribution in [2.24, 2.45) is 5.92 Å². The van der Waals surface area contributed by atoms with E-state index in [0.29, 0.717) is 25.6 Å². The molecule has 2 aliphatic heterocycles. The largest absolute Gasteiger partial charge is 0.481 e. The van der Waals surface area contributed by atoms with Crippen molar-refractivity contribution in [1.29, 1.82) is 0 Å². The number of carboxylic acids is 1. The van der Waals surface area contributed by atoms with Gasteiger partial charge in [-0.2, -0.15) is 0 Å². The van der Waals surface area contributed by atoms with Gasteiger partial charge in [-0.25, -0.2) is 0 Å². The third kappa shape index (κ3) is 4.17. The minimum atomic E-state index is -0.877. The normalized spacial score (nSPS) is 29.3. The number of hydrogen-bond donors (Lipinski definition) is 2. The topological polar surface area (TPSA) is 78.9 Å². The lowest BCUT2D eigenvalue weighted by molar-refractivity contribution is -0.145. The predicted molar refractivity (Wildman–Crippen MR) is 78.0 cm³/mol. The van der Waals surface area contributed by atoms with Crippen molar-refractivity contribution in [2.75, 3.05) is 26.3 Å². The fraction of sp³-hybridized carbons (Fsp3) is 0.867. The van der Waals surface area contributed by atoms with Crippen molar-refractivity contribution in [3.8, 4) is 0 Å². The lowest BCUT2D eigenvalue weighted by atomic mass is 9.98. The maximum atomic E-state index is 12.4. The van der Waals surface area contributed by atoms with Crippen LogP contribution in [0.5, 0.6) is 0 Å². The number of ether oxygens (including phenoxy) is 1. The Labute approximate surface area is 125 Å². The number of carboxylic acid groups (broad SMARTS) is 1. The number of nitrogens with zero attached hydrogens (tertiary/aromatic N) is 1. The summed E-state index contributed by atoms with van der Waals surface area (Å²) in [6, 6.07) is 0.107. The maximum absolute atomic E-state index is 12.4. The van der Waals surface area contributed by atoms with Gasteiger partial charge in [-0.05, 0) is 32.7 Å². The van der Waals surface area contributed by atoms with E-state index >= 15 is 0 Å². The summed E-state index contributed by atoms with van der Waals surface area (Å²) in [5.74, 6) is -1.42. The Morgan fingerprint density at radius 2 is 2.14 bits per heavy atom. The first-order chi connectivity index (χ1) is 10.1. The molecular formula is C15H26N2O4. The summed E-state index contributed by atoms with van der Waals surface area (Å²) in [6.45, 7) is 4.00. The van der Waals surface area contributed by atoms with Crippen LogP contribution in [0.1, 0.15) is 39.0 Å². The number of nitrogens with one attached hydrogen (secondary N) is 1. The average Bonchev–Trinajstić information content (AvgIpc) is 2.96. The molecule has 0 saturated carbocycles. The Morgan fingerprint density at radius 3 is 2.76 bits per heavy atom. The molecule has 6 heteroatoms. The lowest BCUT2D eigenvalue weighted by Gasteiger charge is -2.30. The van der Waals surface area contributed by atoms with E-state index in [2.05, 4.69) is 5.32 Å². The molecule has 0 aromatic rings. The molecule has 2 aliphatic rings. The molecule has 1 amide bonds. The van der Waals surface area contributed by atoms with Gasteiger partial charge in [0.2, 0.25) is 5.91 Å². The summed E-state index contributed by atoms with van der Waals surface area (Å²) >= 11 is 0. The minimum absolute atomic E-state index is 0.0478. The fourth-order valence-electron chi connectivity index (χ4n) is 3.29. The first kappa shape index (κ1) is 16.2. The molecule has 0 spiro atoms. The van der Waals surface area contributed by atoms with Crippen LogP contribution < -0.4 is 5.32 Å². The van der Waals surface area contributed by atoms with Crippen molar-refractivity contribution in [1.82, 2.24) is 10.2 Å². The zero-order chi connectivity index (χ0) is 15.2. The number of likely N-dealkylation sites (N-methyl/N-ethyl adjacent to an activating group) is 1. The Kier molecular flexibility index (Phi) is 5.99. The molecule has 2 saturated heterocycles. The van der Waals surface area contributed by atoms with Crippen LogP contribution in [0.2, 0.25) is 0 Å². The molecule has 2 fully saturated rings. The molecule has 0 aromatic carbocycles. The Hall–Kier alpha value is -1.14. The molecular weight excluding hydrogens is 272 g/mol. The highest BCUT2D eigenvalue weighted by molar-refractivity contribution is 5.78. The van der Waals surface area contributed by atoms with Gasteiger partial charge in [-0.1, -0.05) is 6.42 Å². The van der Waals surface area contributed by atoms with E-state index < -0.39 is 11.9 Å². The van der Waals surface area contributed by atoms with Crippen molar-refractivity contribution in [3.63, 3.8) is 0 Å². The minimum Gasteiger partial charge on any atom is -0.481 e. The molecule has 0 bridgehead atoms. The standard InChI is InChI=1S/C15H26N2O4/c1-2-17(13-10-21-9-12(13)15(19)20)14(18)7-6-11-5-3-4-8-16-11/h11-13,16H,2-10H2,1H3,(H,19,20). The molecule has 0 aromatic heterocycles. The van der Waals surface area contributed by atoms with E-state index in [0.717, 1.165) is 19.4 Å². The molecule has 0 radical (unpaired) electrons. The molecule has 3 atom stereocenters. The average molecular weight is 298 g/mol. The van der Waals surface area contributed by atoms with Crippen molar-refractivity contribution < 1.29 is 19.4 Å². The highest BCUT2D eigenvalue weighted by Crippen LogP contribution is 2.22. The molecule has 2 rings (SSSR count). The first-order valence-electron chi connectivity index (χ1n) is 7.97. The van der Waals surface area contributed by atoms with E-state index in [1.165, 1.54) is 12.8 Å². The highest BCUT2D eigenvalue weighted by atomic mass is 16.5. The van der Waals surface area contributed by atoms with Gasteiger partial charge in [0.05, 0.1) is 19.3 Å². The van der Waals surface area contributed by atoms with E-state index in [1.807, 2.05) is 6.92 Å². The second-order valence-corrected chi connectivity index (χ2v) is 5.91. The molecule has 21 heavy (non-hydrogen) atoms. The van der Waals surface area contributed by atoms with Gasteiger partial charge in [-0.3, -0.25) is 9.59 Å². The number of carbonyl (C=O) groups excluding carboxylic acids is 1. The van der Waals surface area contributed by atoms with Crippen molar-refractivity contribution in [2.45, 2.75) is 51.1 Å². The molecule has 3 unspecified atom stereocenters. The molecule has 6 nitrogen and oxygen atoms in total. The molecule has 2 heterocycles. The zero-order valence-corrected chi connectivity index (χ0v) is 12.7. The first-order valence-corrected chi connectivity index (χ1v) is 7.97. The van der Waals surface area contributed by atoms with Crippen LogP contribution in [0.15, 0.2) is 0 Å². The third-order valence-electron chi connectivity index (χ3n) is 4.55. The monoisotopic (exact) mass is 298 g/mol. The Morgan fingerprint density at radius 1 is 1.33 bits per heavy atom. The lowest BCUT2D eigenvalue weighted by Crippen LogP contribution is -2.47. The Bertz CT molecular complexity index is 369. The summed E-state index contributed by atoms with van der Waals surface area (Å²) in [4.78, 5) is 25.3. The summed E-state index contributed by atoms with van der Waals surface area (Å²) in [5.41, 5.74) is 0. The van der Waals surface area contributed by atoms with E-state index in [-0.39, 0.29) is 18.6 Å². The van der Waals surface area contributed by atoms with E-state index in [1.54, 1.807) is 4.90 Å². The van der Waals surface area contributed by atoms with Crippen LogP contribution in [0.3, 0.4) is 0 Å². The number of piperidine rings is 1. The van der Waals surface area contributed by atoms with E-state index in [4.69, 9.17) is 4.74 Å². The van der Waals surface area contributed by atoms with Gasteiger partial charge < -0.3 is 20.1 Å². The zero-order valence-electron chi connectivity index (χ0n) is 12.7. The molecule has 120 valence electrons.